The number of rotatable bonds is 6. The summed E-state index contributed by atoms with van der Waals surface area (Å²) in [4.78, 5) is 26.9. The maximum atomic E-state index is 11.3. The van der Waals surface area contributed by atoms with E-state index in [0.717, 1.165) is 33.9 Å². The Hall–Kier alpha value is -5.35. The highest BCUT2D eigenvalue weighted by Gasteiger charge is 2.04. The Labute approximate surface area is 234 Å². The van der Waals surface area contributed by atoms with E-state index in [-0.39, 0.29) is 11.9 Å². The highest BCUT2D eigenvalue weighted by atomic mass is 16.5. The molecule has 40 heavy (non-hydrogen) atoms. The standard InChI is InChI=1S/C17H14O3.C16H15NO3/c1-19-16-11-7-14(8-12-16)4-3-13-5-9-15(10-6-13)17(18)20-2;1-19-15-9-3-12(4-10-15)11-17-14-7-5-13(6-8-14)16(18)20-2/h5-12H,1-2H3;3-11H,1-2H3. The Morgan fingerprint density at radius 1 is 0.575 bits per heavy atom. The molecule has 0 aliphatic rings. The Bertz CT molecular complexity index is 1480. The third kappa shape index (κ3) is 8.89. The molecule has 0 spiro atoms. The molecule has 0 aromatic heterocycles. The van der Waals surface area contributed by atoms with Crippen LogP contribution in [0.5, 0.6) is 11.5 Å². The molecule has 4 aromatic rings. The molecule has 4 aromatic carbocycles. The fraction of sp³-hybridized carbons (Fsp3) is 0.121. The average molecular weight is 536 g/mol. The topological polar surface area (TPSA) is 83.4 Å². The van der Waals surface area contributed by atoms with E-state index in [1.54, 1.807) is 69.0 Å². The summed E-state index contributed by atoms with van der Waals surface area (Å²) in [5.41, 5.74) is 4.52. The number of hydrogen-bond donors (Lipinski definition) is 0. The summed E-state index contributed by atoms with van der Waals surface area (Å²) < 4.78 is 19.5. The highest BCUT2D eigenvalue weighted by Crippen LogP contribution is 2.15. The minimum atomic E-state index is -0.351. The largest absolute Gasteiger partial charge is 0.497 e. The van der Waals surface area contributed by atoms with E-state index < -0.39 is 0 Å². The number of benzene rings is 4. The van der Waals surface area contributed by atoms with Crippen LogP contribution in [0.3, 0.4) is 0 Å². The maximum absolute atomic E-state index is 11.3. The van der Waals surface area contributed by atoms with Crippen molar-refractivity contribution in [2.75, 3.05) is 28.4 Å². The summed E-state index contributed by atoms with van der Waals surface area (Å²) in [5.74, 6) is 7.01. The molecule has 0 N–H and O–H groups in total. The molecule has 4 rings (SSSR count). The molecular weight excluding hydrogens is 506 g/mol. The summed E-state index contributed by atoms with van der Waals surface area (Å²) >= 11 is 0. The van der Waals surface area contributed by atoms with E-state index >= 15 is 0 Å². The van der Waals surface area contributed by atoms with Crippen molar-refractivity contribution in [3.8, 4) is 23.3 Å². The van der Waals surface area contributed by atoms with Crippen molar-refractivity contribution < 1.29 is 28.5 Å². The van der Waals surface area contributed by atoms with E-state index in [1.807, 2.05) is 48.5 Å². The molecule has 0 fully saturated rings. The van der Waals surface area contributed by atoms with Gasteiger partial charge in [0.25, 0.3) is 0 Å². The second kappa shape index (κ2) is 15.2. The van der Waals surface area contributed by atoms with Crippen molar-refractivity contribution in [3.63, 3.8) is 0 Å². The third-order valence-corrected chi connectivity index (χ3v) is 5.51. The predicted octanol–water partition coefficient (Wildman–Crippen LogP) is 6.11. The monoisotopic (exact) mass is 535 g/mol. The van der Waals surface area contributed by atoms with Gasteiger partial charge in [0, 0.05) is 17.3 Å². The van der Waals surface area contributed by atoms with Crippen LogP contribution in [0, 0.1) is 11.8 Å². The third-order valence-electron chi connectivity index (χ3n) is 5.51. The number of aliphatic imine (C=N–C) groups is 1. The highest BCUT2D eigenvalue weighted by molar-refractivity contribution is 5.90. The average Bonchev–Trinajstić information content (AvgIpc) is 3.03. The van der Waals surface area contributed by atoms with Crippen molar-refractivity contribution in [2.24, 2.45) is 4.99 Å². The molecule has 7 nitrogen and oxygen atoms in total. The van der Waals surface area contributed by atoms with Gasteiger partial charge in [0.1, 0.15) is 11.5 Å². The number of esters is 2. The molecule has 0 heterocycles. The van der Waals surface area contributed by atoms with Gasteiger partial charge >= 0.3 is 11.9 Å². The van der Waals surface area contributed by atoms with Crippen molar-refractivity contribution in [2.45, 2.75) is 0 Å². The molecule has 202 valence electrons. The van der Waals surface area contributed by atoms with Gasteiger partial charge in [-0.3, -0.25) is 4.99 Å². The Morgan fingerprint density at radius 3 is 1.40 bits per heavy atom. The van der Waals surface area contributed by atoms with Crippen molar-refractivity contribution in [1.29, 1.82) is 0 Å². The molecule has 0 saturated heterocycles. The van der Waals surface area contributed by atoms with Crippen LogP contribution in [-0.4, -0.2) is 46.6 Å². The number of carbonyl (C=O) groups is 2. The van der Waals surface area contributed by atoms with E-state index in [1.165, 1.54) is 14.2 Å². The van der Waals surface area contributed by atoms with Gasteiger partial charge in [0.05, 0.1) is 45.3 Å². The summed E-state index contributed by atoms with van der Waals surface area (Å²) in [5, 5.41) is 0. The van der Waals surface area contributed by atoms with Crippen LogP contribution in [0.25, 0.3) is 0 Å². The van der Waals surface area contributed by atoms with Gasteiger partial charge in [0.15, 0.2) is 0 Å². The van der Waals surface area contributed by atoms with Gasteiger partial charge in [-0.1, -0.05) is 11.8 Å². The minimum absolute atomic E-state index is 0.348. The molecule has 7 heteroatoms. The molecule has 0 aliphatic heterocycles. The normalized spacial score (nSPS) is 9.90. The number of methoxy groups -OCH3 is 4. The molecule has 0 atom stereocenters. The van der Waals surface area contributed by atoms with Crippen molar-refractivity contribution >= 4 is 23.8 Å². The summed E-state index contributed by atoms with van der Waals surface area (Å²) in [6, 6.07) is 29.0. The molecule has 0 saturated carbocycles. The molecule has 0 amide bonds. The molecule has 0 unspecified atom stereocenters. The number of carbonyl (C=O) groups excluding carboxylic acids is 2. The fourth-order valence-electron chi connectivity index (χ4n) is 3.27. The second-order valence-electron chi connectivity index (χ2n) is 8.12. The Balaban J connectivity index is 0.000000220. The summed E-state index contributed by atoms with van der Waals surface area (Å²) in [6.45, 7) is 0. The van der Waals surface area contributed by atoms with Gasteiger partial charge < -0.3 is 18.9 Å². The van der Waals surface area contributed by atoms with Crippen LogP contribution >= 0.6 is 0 Å². The number of ether oxygens (including phenoxy) is 4. The summed E-state index contributed by atoms with van der Waals surface area (Å²) in [7, 11) is 5.98. The van der Waals surface area contributed by atoms with Crippen molar-refractivity contribution in [3.05, 3.63) is 125 Å². The maximum Gasteiger partial charge on any atom is 0.337 e. The van der Waals surface area contributed by atoms with Gasteiger partial charge in [-0.25, -0.2) is 9.59 Å². The number of hydrogen-bond acceptors (Lipinski definition) is 7. The van der Waals surface area contributed by atoms with Crippen molar-refractivity contribution in [1.82, 2.24) is 0 Å². The van der Waals surface area contributed by atoms with Gasteiger partial charge in [-0.2, -0.15) is 0 Å². The second-order valence-corrected chi connectivity index (χ2v) is 8.12. The van der Waals surface area contributed by atoms with E-state index in [4.69, 9.17) is 9.47 Å². The molecule has 0 aliphatic carbocycles. The lowest BCUT2D eigenvalue weighted by atomic mass is 10.1. The van der Waals surface area contributed by atoms with Gasteiger partial charge in [0.2, 0.25) is 0 Å². The lowest BCUT2D eigenvalue weighted by Crippen LogP contribution is -2.00. The van der Waals surface area contributed by atoms with Crippen LogP contribution in [0.2, 0.25) is 0 Å². The zero-order valence-corrected chi connectivity index (χ0v) is 22.7. The minimum Gasteiger partial charge on any atom is -0.497 e. The zero-order valence-electron chi connectivity index (χ0n) is 22.7. The van der Waals surface area contributed by atoms with Gasteiger partial charge in [-0.05, 0) is 103 Å². The Morgan fingerprint density at radius 2 is 0.975 bits per heavy atom. The van der Waals surface area contributed by atoms with Crippen LogP contribution in [0.1, 0.15) is 37.4 Å². The number of nitrogens with zero attached hydrogens (tertiary/aromatic N) is 1. The van der Waals surface area contributed by atoms with Gasteiger partial charge in [-0.15, -0.1) is 0 Å². The first-order chi connectivity index (χ1) is 19.4. The lowest BCUT2D eigenvalue weighted by Gasteiger charge is -2.00. The first-order valence-corrected chi connectivity index (χ1v) is 12.2. The summed E-state index contributed by atoms with van der Waals surface area (Å²) in [6.07, 6.45) is 1.76. The fourth-order valence-corrected chi connectivity index (χ4v) is 3.27. The van der Waals surface area contributed by atoms with E-state index in [9.17, 15) is 9.59 Å². The molecule has 0 bridgehead atoms. The molecular formula is C33H29NO6. The first kappa shape index (κ1) is 29.2. The predicted molar refractivity (Wildman–Crippen MR) is 155 cm³/mol. The van der Waals surface area contributed by atoms with Crippen LogP contribution in [-0.2, 0) is 9.47 Å². The molecule has 0 radical (unpaired) electrons. The Kier molecular flexibility index (Phi) is 11.1. The first-order valence-electron chi connectivity index (χ1n) is 12.2. The van der Waals surface area contributed by atoms with E-state index in [0.29, 0.717) is 11.1 Å². The zero-order chi connectivity index (χ0) is 28.7. The lowest BCUT2D eigenvalue weighted by molar-refractivity contribution is 0.0592. The smallest absolute Gasteiger partial charge is 0.337 e. The van der Waals surface area contributed by atoms with Crippen LogP contribution in [0.4, 0.5) is 5.69 Å². The van der Waals surface area contributed by atoms with Crippen LogP contribution < -0.4 is 9.47 Å². The SMILES string of the molecule is COC(=O)c1ccc(C#Cc2ccc(OC)cc2)cc1.COC(=O)c1ccc(N=Cc2ccc(OC)cc2)cc1. The van der Waals surface area contributed by atoms with Crippen LogP contribution in [0.15, 0.2) is 102 Å². The quantitative estimate of drug-likeness (QED) is 0.168. The van der Waals surface area contributed by atoms with E-state index in [2.05, 4.69) is 26.3 Å².